The highest BCUT2D eigenvalue weighted by molar-refractivity contribution is 5.83. The molecule has 0 aliphatic heterocycles. The number of nitrogens with one attached hydrogen (secondary N) is 1. The number of benzene rings is 1. The zero-order valence-corrected chi connectivity index (χ0v) is 12.6. The third-order valence-corrected chi connectivity index (χ3v) is 4.71. The van der Waals surface area contributed by atoms with Crippen LogP contribution < -0.4 is 11.1 Å². The van der Waals surface area contributed by atoms with Crippen molar-refractivity contribution in [3.05, 3.63) is 35.9 Å². The molecular weight excluding hydrogens is 248 g/mol. The maximum absolute atomic E-state index is 12.7. The molecule has 110 valence electrons. The van der Waals surface area contributed by atoms with Gasteiger partial charge in [0, 0.05) is 12.0 Å². The second kappa shape index (κ2) is 5.96. The van der Waals surface area contributed by atoms with Crippen molar-refractivity contribution < 1.29 is 4.79 Å². The van der Waals surface area contributed by atoms with Gasteiger partial charge in [0.05, 0.1) is 5.54 Å². The molecule has 1 unspecified atom stereocenters. The van der Waals surface area contributed by atoms with Crippen molar-refractivity contribution in [3.8, 4) is 0 Å². The first-order valence-electron chi connectivity index (χ1n) is 7.58. The number of nitrogens with two attached hydrogens (primary N) is 1. The predicted octanol–water partition coefficient (Wildman–Crippen LogP) is 2.95. The maximum Gasteiger partial charge on any atom is 0.226 e. The lowest BCUT2D eigenvalue weighted by atomic mass is 9.74. The fourth-order valence-electron chi connectivity index (χ4n) is 3.01. The SMILES string of the molecule is CC1(C(=O)NC(C)(CN)c2ccccc2)CCCCC1. The molecule has 1 fully saturated rings. The lowest BCUT2D eigenvalue weighted by Gasteiger charge is -2.37. The third kappa shape index (κ3) is 3.04. The van der Waals surface area contributed by atoms with Gasteiger partial charge in [0.25, 0.3) is 0 Å². The van der Waals surface area contributed by atoms with Crippen LogP contribution in [0.5, 0.6) is 0 Å². The van der Waals surface area contributed by atoms with Crippen LogP contribution in [0.3, 0.4) is 0 Å². The van der Waals surface area contributed by atoms with E-state index in [-0.39, 0.29) is 11.3 Å². The summed E-state index contributed by atoms with van der Waals surface area (Å²) in [6.45, 7) is 4.49. The Balaban J connectivity index is 2.15. The second-order valence-corrected chi connectivity index (χ2v) is 6.48. The van der Waals surface area contributed by atoms with Crippen LogP contribution in [0.4, 0.5) is 0 Å². The summed E-state index contributed by atoms with van der Waals surface area (Å²) in [5, 5.41) is 3.21. The van der Waals surface area contributed by atoms with Gasteiger partial charge in [0.2, 0.25) is 5.91 Å². The Morgan fingerprint density at radius 1 is 1.25 bits per heavy atom. The molecule has 1 aliphatic rings. The van der Waals surface area contributed by atoms with E-state index >= 15 is 0 Å². The van der Waals surface area contributed by atoms with Gasteiger partial charge in [-0.1, -0.05) is 56.5 Å². The molecule has 0 bridgehead atoms. The average molecular weight is 274 g/mol. The fraction of sp³-hybridized carbons (Fsp3) is 0.588. The smallest absolute Gasteiger partial charge is 0.226 e. The van der Waals surface area contributed by atoms with Crippen LogP contribution >= 0.6 is 0 Å². The lowest BCUT2D eigenvalue weighted by Crippen LogP contribution is -2.53. The van der Waals surface area contributed by atoms with E-state index in [1.165, 1.54) is 6.42 Å². The van der Waals surface area contributed by atoms with Crippen LogP contribution in [0.25, 0.3) is 0 Å². The van der Waals surface area contributed by atoms with Gasteiger partial charge in [-0.3, -0.25) is 4.79 Å². The zero-order chi connectivity index (χ0) is 14.6. The Bertz CT molecular complexity index is 451. The molecule has 0 spiro atoms. The van der Waals surface area contributed by atoms with Crippen LogP contribution in [0.2, 0.25) is 0 Å². The van der Waals surface area contributed by atoms with Crippen LogP contribution in [-0.4, -0.2) is 12.5 Å². The van der Waals surface area contributed by atoms with E-state index in [4.69, 9.17) is 5.73 Å². The summed E-state index contributed by atoms with van der Waals surface area (Å²) < 4.78 is 0. The van der Waals surface area contributed by atoms with Crippen molar-refractivity contribution >= 4 is 5.91 Å². The fourth-order valence-corrected chi connectivity index (χ4v) is 3.01. The number of carbonyl (C=O) groups excluding carboxylic acids is 1. The molecule has 0 radical (unpaired) electrons. The van der Waals surface area contributed by atoms with Crippen molar-refractivity contribution in [1.29, 1.82) is 0 Å². The molecule has 0 saturated heterocycles. The van der Waals surface area contributed by atoms with Crippen molar-refractivity contribution in [2.75, 3.05) is 6.54 Å². The zero-order valence-electron chi connectivity index (χ0n) is 12.6. The summed E-state index contributed by atoms with van der Waals surface area (Å²) in [6, 6.07) is 9.99. The molecule has 3 heteroatoms. The van der Waals surface area contributed by atoms with Crippen molar-refractivity contribution in [3.63, 3.8) is 0 Å². The molecule has 1 aromatic rings. The second-order valence-electron chi connectivity index (χ2n) is 6.48. The molecule has 0 aromatic heterocycles. The first-order chi connectivity index (χ1) is 9.50. The molecule has 1 saturated carbocycles. The quantitative estimate of drug-likeness (QED) is 0.887. The first-order valence-corrected chi connectivity index (χ1v) is 7.58. The van der Waals surface area contributed by atoms with Crippen LogP contribution in [0.15, 0.2) is 30.3 Å². The largest absolute Gasteiger partial charge is 0.345 e. The van der Waals surface area contributed by atoms with Gasteiger partial charge in [-0.05, 0) is 25.3 Å². The van der Waals surface area contributed by atoms with Crippen molar-refractivity contribution in [2.45, 2.75) is 51.5 Å². The molecule has 3 nitrogen and oxygen atoms in total. The highest BCUT2D eigenvalue weighted by Crippen LogP contribution is 2.36. The number of hydrogen-bond donors (Lipinski definition) is 2. The van der Waals surface area contributed by atoms with E-state index in [2.05, 4.69) is 12.2 Å². The first kappa shape index (κ1) is 15.0. The molecule has 1 amide bonds. The summed E-state index contributed by atoms with van der Waals surface area (Å²) in [4.78, 5) is 12.7. The van der Waals surface area contributed by atoms with Gasteiger partial charge in [-0.2, -0.15) is 0 Å². The van der Waals surface area contributed by atoms with Gasteiger partial charge in [-0.15, -0.1) is 0 Å². The van der Waals surface area contributed by atoms with E-state index in [1.54, 1.807) is 0 Å². The van der Waals surface area contributed by atoms with Crippen molar-refractivity contribution in [2.24, 2.45) is 11.1 Å². The molecule has 2 rings (SSSR count). The number of amides is 1. The molecular formula is C17H26N2O. The predicted molar refractivity (Wildman–Crippen MR) is 82.2 cm³/mol. The molecule has 3 N–H and O–H groups in total. The number of rotatable bonds is 4. The molecule has 1 atom stereocenters. The van der Waals surface area contributed by atoms with E-state index < -0.39 is 5.54 Å². The highest BCUT2D eigenvalue weighted by Gasteiger charge is 2.38. The summed E-state index contributed by atoms with van der Waals surface area (Å²) in [5.74, 6) is 0.147. The van der Waals surface area contributed by atoms with E-state index in [9.17, 15) is 4.79 Å². The normalized spacial score (nSPS) is 20.9. The van der Waals surface area contributed by atoms with Gasteiger partial charge in [-0.25, -0.2) is 0 Å². The molecule has 20 heavy (non-hydrogen) atoms. The van der Waals surface area contributed by atoms with Gasteiger partial charge in [0.15, 0.2) is 0 Å². The Hall–Kier alpha value is -1.35. The Labute approximate surface area is 121 Å². The summed E-state index contributed by atoms with van der Waals surface area (Å²) >= 11 is 0. The Morgan fingerprint density at radius 3 is 2.40 bits per heavy atom. The Kier molecular flexibility index (Phi) is 4.48. The van der Waals surface area contributed by atoms with E-state index in [0.717, 1.165) is 31.2 Å². The summed E-state index contributed by atoms with van der Waals surface area (Å²) in [5.41, 5.74) is 6.29. The Morgan fingerprint density at radius 2 is 1.85 bits per heavy atom. The van der Waals surface area contributed by atoms with Crippen LogP contribution in [-0.2, 0) is 10.3 Å². The molecule has 1 aromatic carbocycles. The maximum atomic E-state index is 12.7. The van der Waals surface area contributed by atoms with Gasteiger partial charge in [0.1, 0.15) is 0 Å². The summed E-state index contributed by atoms with van der Waals surface area (Å²) in [6.07, 6.45) is 5.50. The average Bonchev–Trinajstić information content (AvgIpc) is 2.48. The van der Waals surface area contributed by atoms with E-state index in [1.807, 2.05) is 37.3 Å². The number of carbonyl (C=O) groups is 1. The lowest BCUT2D eigenvalue weighted by molar-refractivity contribution is -0.133. The van der Waals surface area contributed by atoms with Crippen LogP contribution in [0.1, 0.15) is 51.5 Å². The minimum absolute atomic E-state index is 0.147. The number of hydrogen-bond acceptors (Lipinski definition) is 2. The molecule has 0 heterocycles. The minimum Gasteiger partial charge on any atom is -0.345 e. The standard InChI is InChI=1S/C17H26N2O/c1-16(11-7-4-8-12-16)15(20)19-17(2,13-18)14-9-5-3-6-10-14/h3,5-6,9-10H,4,7-8,11-13,18H2,1-2H3,(H,19,20). The van der Waals surface area contributed by atoms with E-state index in [0.29, 0.717) is 6.54 Å². The van der Waals surface area contributed by atoms with Gasteiger partial charge >= 0.3 is 0 Å². The summed E-state index contributed by atoms with van der Waals surface area (Å²) in [7, 11) is 0. The highest BCUT2D eigenvalue weighted by atomic mass is 16.2. The molecule has 1 aliphatic carbocycles. The monoisotopic (exact) mass is 274 g/mol. The van der Waals surface area contributed by atoms with Crippen molar-refractivity contribution in [1.82, 2.24) is 5.32 Å². The van der Waals surface area contributed by atoms with Crippen LogP contribution in [0, 0.1) is 5.41 Å². The minimum atomic E-state index is -0.487. The third-order valence-electron chi connectivity index (χ3n) is 4.71. The topological polar surface area (TPSA) is 55.1 Å². The van der Waals surface area contributed by atoms with Gasteiger partial charge < -0.3 is 11.1 Å².